The number of nitrogens with two attached hydrogens (primary N) is 1. The molecule has 0 aliphatic carbocycles. The van der Waals surface area contributed by atoms with Crippen LogP contribution in [-0.2, 0) is 0 Å². The third-order valence-corrected chi connectivity index (χ3v) is 2.87. The van der Waals surface area contributed by atoms with E-state index in [2.05, 4.69) is 25.7 Å². The van der Waals surface area contributed by atoms with Crippen LogP contribution < -0.4 is 11.3 Å². The maximum Gasteiger partial charge on any atom is 0.263 e. The number of hydrogen-bond donors (Lipinski definition) is 3. The molecule has 2 aromatic heterocycles. The van der Waals surface area contributed by atoms with E-state index in [0.717, 1.165) is 22.2 Å². The van der Waals surface area contributed by atoms with Crippen LogP contribution in [-0.4, -0.2) is 26.1 Å². The molecule has 0 unspecified atom stereocenters. The molecule has 0 atom stereocenters. The summed E-state index contributed by atoms with van der Waals surface area (Å²) >= 11 is 0. The minimum Gasteiger partial charge on any atom is -0.358 e. The first kappa shape index (κ1) is 16.8. The fraction of sp³-hybridized carbons (Fsp3) is 0.0833. The van der Waals surface area contributed by atoms with Gasteiger partial charge in [0.25, 0.3) is 5.95 Å². The first-order valence-electron chi connectivity index (χ1n) is 5.77. The molecule has 0 amide bonds. The largest absolute Gasteiger partial charge is 0.358 e. The summed E-state index contributed by atoms with van der Waals surface area (Å²) in [6.45, 7) is 2.01. The van der Waals surface area contributed by atoms with Gasteiger partial charge in [0.1, 0.15) is 6.33 Å². The predicted molar refractivity (Wildman–Crippen MR) is 88.9 cm³/mol. The van der Waals surface area contributed by atoms with Gasteiger partial charge in [-0.05, 0) is 13.0 Å². The Bertz CT molecular complexity index is 747. The van der Waals surface area contributed by atoms with E-state index in [1.165, 1.54) is 11.0 Å². The van der Waals surface area contributed by atoms with Gasteiger partial charge in [0.05, 0.1) is 6.21 Å². The molecular weight excluding hydrogens is 313 g/mol. The number of fused-ring (bicyclic) bond motifs is 1. The van der Waals surface area contributed by atoms with Crippen molar-refractivity contribution in [2.45, 2.75) is 6.92 Å². The van der Waals surface area contributed by atoms with Crippen molar-refractivity contribution in [3.05, 3.63) is 41.9 Å². The number of anilines is 1. The zero-order valence-corrected chi connectivity index (χ0v) is 12.8. The van der Waals surface area contributed by atoms with Crippen LogP contribution in [0.4, 0.5) is 5.95 Å². The number of benzene rings is 1. The zero-order valence-electron chi connectivity index (χ0n) is 11.1. The average Bonchev–Trinajstić information content (AvgIpc) is 2.94. The summed E-state index contributed by atoms with van der Waals surface area (Å²) in [5.41, 5.74) is 5.92. The maximum absolute atomic E-state index is 5.57. The van der Waals surface area contributed by atoms with Gasteiger partial charge in [-0.15, -0.1) is 35.0 Å². The Labute approximate surface area is 133 Å². The SMILES string of the molecule is Cc1[nH]c2ccccc2c1/C=N/Nc1nncn1N.Cl.Cl. The van der Waals surface area contributed by atoms with Gasteiger partial charge in [-0.2, -0.15) is 5.10 Å². The predicted octanol–water partition coefficient (Wildman–Crippen LogP) is 2.07. The minimum atomic E-state index is 0. The Morgan fingerprint density at radius 2 is 2.10 bits per heavy atom. The number of hydrazone groups is 1. The van der Waals surface area contributed by atoms with Gasteiger partial charge >= 0.3 is 0 Å². The fourth-order valence-electron chi connectivity index (χ4n) is 1.94. The lowest BCUT2D eigenvalue weighted by Crippen LogP contribution is -2.10. The van der Waals surface area contributed by atoms with E-state index < -0.39 is 0 Å². The van der Waals surface area contributed by atoms with Gasteiger partial charge in [-0.25, -0.2) is 10.1 Å². The van der Waals surface area contributed by atoms with Crippen molar-refractivity contribution in [1.82, 2.24) is 19.9 Å². The summed E-state index contributed by atoms with van der Waals surface area (Å²) in [5, 5.41) is 12.7. The molecule has 3 rings (SSSR count). The maximum atomic E-state index is 5.57. The van der Waals surface area contributed by atoms with E-state index in [0.29, 0.717) is 5.95 Å². The Balaban J connectivity index is 0.00000110. The smallest absolute Gasteiger partial charge is 0.263 e. The van der Waals surface area contributed by atoms with Crippen LogP contribution in [0.3, 0.4) is 0 Å². The lowest BCUT2D eigenvalue weighted by molar-refractivity contribution is 0.988. The van der Waals surface area contributed by atoms with E-state index in [4.69, 9.17) is 5.84 Å². The highest BCUT2D eigenvalue weighted by molar-refractivity contribution is 6.00. The number of hydrogen-bond acceptors (Lipinski definition) is 5. The lowest BCUT2D eigenvalue weighted by atomic mass is 10.1. The molecule has 0 saturated heterocycles. The Kier molecular flexibility index (Phi) is 5.57. The van der Waals surface area contributed by atoms with Gasteiger partial charge in [-0.1, -0.05) is 18.2 Å². The Morgan fingerprint density at radius 1 is 1.33 bits per heavy atom. The molecule has 0 aliphatic heterocycles. The molecule has 0 fully saturated rings. The van der Waals surface area contributed by atoms with Crippen molar-refractivity contribution >= 4 is 47.9 Å². The molecule has 1 aromatic carbocycles. The molecule has 0 aliphatic rings. The van der Waals surface area contributed by atoms with Crippen molar-refractivity contribution in [3.8, 4) is 0 Å². The first-order chi connectivity index (χ1) is 9.25. The van der Waals surface area contributed by atoms with Gasteiger partial charge < -0.3 is 10.8 Å². The molecule has 0 spiro atoms. The quantitative estimate of drug-likeness (QED) is 0.389. The molecule has 0 saturated carbocycles. The van der Waals surface area contributed by atoms with Gasteiger partial charge in [0.2, 0.25) is 0 Å². The number of aromatic nitrogens is 4. The molecular formula is C12H15Cl2N7. The Morgan fingerprint density at radius 3 is 2.81 bits per heavy atom. The molecule has 0 bridgehead atoms. The highest BCUT2D eigenvalue weighted by Crippen LogP contribution is 2.19. The number of aromatic amines is 1. The van der Waals surface area contributed by atoms with Crippen molar-refractivity contribution in [2.24, 2.45) is 5.10 Å². The highest BCUT2D eigenvalue weighted by atomic mass is 35.5. The van der Waals surface area contributed by atoms with Crippen LogP contribution in [0.15, 0.2) is 35.7 Å². The Hall–Kier alpha value is -2.25. The van der Waals surface area contributed by atoms with Crippen molar-refractivity contribution < 1.29 is 0 Å². The van der Waals surface area contributed by atoms with Crippen molar-refractivity contribution in [2.75, 3.05) is 11.3 Å². The third-order valence-electron chi connectivity index (χ3n) is 2.87. The topological polar surface area (TPSA) is 96.9 Å². The second-order valence-corrected chi connectivity index (χ2v) is 4.14. The summed E-state index contributed by atoms with van der Waals surface area (Å²) < 4.78 is 1.26. The normalized spacial score (nSPS) is 10.3. The van der Waals surface area contributed by atoms with Crippen LogP contribution in [0.1, 0.15) is 11.3 Å². The summed E-state index contributed by atoms with van der Waals surface area (Å²) in [7, 11) is 0. The number of halogens is 2. The number of nitrogens with zero attached hydrogens (tertiary/aromatic N) is 4. The summed E-state index contributed by atoms with van der Waals surface area (Å²) in [6, 6.07) is 8.07. The molecule has 3 aromatic rings. The number of nitrogen functional groups attached to an aromatic ring is 1. The summed E-state index contributed by atoms with van der Waals surface area (Å²) in [4.78, 5) is 3.31. The average molecular weight is 328 g/mol. The standard InChI is InChI=1S/C12H13N7.2ClH/c1-8-10(9-4-2-3-5-11(9)16-8)6-14-17-12-18-15-7-19(12)13;;/h2-7,16H,13H2,1H3,(H,17,18);2*1H/b14-6+;;. The first-order valence-corrected chi connectivity index (χ1v) is 5.77. The number of nitrogens with one attached hydrogen (secondary N) is 2. The fourth-order valence-corrected chi connectivity index (χ4v) is 1.94. The van der Waals surface area contributed by atoms with Crippen LogP contribution in [0, 0.1) is 6.92 Å². The lowest BCUT2D eigenvalue weighted by Gasteiger charge is -1.97. The molecule has 0 radical (unpaired) electrons. The molecule has 7 nitrogen and oxygen atoms in total. The summed E-state index contributed by atoms with van der Waals surface area (Å²) in [6.07, 6.45) is 3.14. The number of rotatable bonds is 3. The highest BCUT2D eigenvalue weighted by Gasteiger charge is 2.05. The molecule has 2 heterocycles. The van der Waals surface area contributed by atoms with Crippen LogP contribution >= 0.6 is 24.8 Å². The summed E-state index contributed by atoms with van der Waals surface area (Å²) in [5.74, 6) is 5.95. The van der Waals surface area contributed by atoms with Gasteiger partial charge in [-0.3, -0.25) is 0 Å². The van der Waals surface area contributed by atoms with Crippen LogP contribution in [0.2, 0.25) is 0 Å². The van der Waals surface area contributed by atoms with Gasteiger partial charge in [0, 0.05) is 22.2 Å². The van der Waals surface area contributed by atoms with Crippen LogP contribution in [0.5, 0.6) is 0 Å². The molecule has 112 valence electrons. The van der Waals surface area contributed by atoms with E-state index in [1.807, 2.05) is 31.2 Å². The second kappa shape index (κ2) is 6.96. The van der Waals surface area contributed by atoms with Crippen molar-refractivity contribution in [3.63, 3.8) is 0 Å². The molecule has 9 heteroatoms. The van der Waals surface area contributed by atoms with Crippen molar-refractivity contribution in [1.29, 1.82) is 0 Å². The second-order valence-electron chi connectivity index (χ2n) is 4.14. The number of H-pyrrole nitrogens is 1. The molecule has 21 heavy (non-hydrogen) atoms. The zero-order chi connectivity index (χ0) is 13.2. The molecule has 4 N–H and O–H groups in total. The number of para-hydroxylation sites is 1. The monoisotopic (exact) mass is 327 g/mol. The van der Waals surface area contributed by atoms with E-state index in [-0.39, 0.29) is 24.8 Å². The van der Waals surface area contributed by atoms with Gasteiger partial charge in [0.15, 0.2) is 0 Å². The van der Waals surface area contributed by atoms with Crippen LogP contribution in [0.25, 0.3) is 10.9 Å². The van der Waals surface area contributed by atoms with E-state index in [9.17, 15) is 0 Å². The third kappa shape index (κ3) is 3.26. The number of aryl methyl sites for hydroxylation is 1. The minimum absolute atomic E-state index is 0. The van der Waals surface area contributed by atoms with E-state index >= 15 is 0 Å². The van der Waals surface area contributed by atoms with E-state index in [1.54, 1.807) is 6.21 Å².